The van der Waals surface area contributed by atoms with Gasteiger partial charge in [-0.2, -0.15) is 0 Å². The lowest BCUT2D eigenvalue weighted by Gasteiger charge is -2.11. The van der Waals surface area contributed by atoms with Crippen LogP contribution in [-0.2, 0) is 6.54 Å². The van der Waals surface area contributed by atoms with Crippen molar-refractivity contribution in [2.45, 2.75) is 19.9 Å². The molecular formula is C17H19N3O. The Morgan fingerprint density at radius 1 is 1.19 bits per heavy atom. The lowest BCUT2D eigenvalue weighted by molar-refractivity contribution is 0.416. The highest BCUT2D eigenvalue weighted by molar-refractivity contribution is 5.82. The Bertz CT molecular complexity index is 777. The van der Waals surface area contributed by atoms with Crippen molar-refractivity contribution < 1.29 is 4.74 Å². The molecule has 3 aromatic rings. The normalized spacial score (nSPS) is 11.0. The van der Waals surface area contributed by atoms with Gasteiger partial charge in [0.1, 0.15) is 11.6 Å². The zero-order valence-electron chi connectivity index (χ0n) is 12.3. The Labute approximate surface area is 124 Å². The number of methoxy groups -OCH3 is 1. The molecule has 0 unspecified atom stereocenters. The number of para-hydroxylation sites is 2. The van der Waals surface area contributed by atoms with Gasteiger partial charge in [0.2, 0.25) is 0 Å². The van der Waals surface area contributed by atoms with Crippen LogP contribution in [0.15, 0.2) is 42.5 Å². The van der Waals surface area contributed by atoms with Crippen LogP contribution in [0.1, 0.15) is 13.3 Å². The standard InChI is InChI=1S/C17H19N3O/c1-3-10-20-15-7-5-4-6-14(15)19-17(20)13-9-8-12(18)11-16(13)21-2/h4-9,11H,3,10,18H2,1-2H3. The molecule has 0 fully saturated rings. The fourth-order valence-electron chi connectivity index (χ4n) is 2.62. The zero-order chi connectivity index (χ0) is 14.8. The molecule has 0 saturated carbocycles. The van der Waals surface area contributed by atoms with Crippen molar-refractivity contribution in [3.05, 3.63) is 42.5 Å². The smallest absolute Gasteiger partial charge is 0.144 e. The minimum absolute atomic E-state index is 0.689. The number of aromatic nitrogens is 2. The minimum Gasteiger partial charge on any atom is -0.496 e. The van der Waals surface area contributed by atoms with E-state index in [4.69, 9.17) is 15.5 Å². The number of rotatable bonds is 4. The van der Waals surface area contributed by atoms with E-state index in [9.17, 15) is 0 Å². The van der Waals surface area contributed by atoms with Crippen molar-refractivity contribution in [1.82, 2.24) is 9.55 Å². The molecule has 0 aliphatic heterocycles. The SMILES string of the molecule is CCCn1c(-c2ccc(N)cc2OC)nc2ccccc21. The number of benzene rings is 2. The first-order valence-electron chi connectivity index (χ1n) is 7.13. The van der Waals surface area contributed by atoms with Crippen LogP contribution in [0.4, 0.5) is 5.69 Å². The molecule has 1 aromatic heterocycles. The lowest BCUT2D eigenvalue weighted by Crippen LogP contribution is -2.01. The number of anilines is 1. The zero-order valence-corrected chi connectivity index (χ0v) is 12.3. The average molecular weight is 281 g/mol. The fraction of sp³-hybridized carbons (Fsp3) is 0.235. The maximum Gasteiger partial charge on any atom is 0.144 e. The molecule has 21 heavy (non-hydrogen) atoms. The third-order valence-electron chi connectivity index (χ3n) is 3.57. The molecule has 0 atom stereocenters. The van der Waals surface area contributed by atoms with Crippen LogP contribution in [0.2, 0.25) is 0 Å². The summed E-state index contributed by atoms with van der Waals surface area (Å²) in [5.74, 6) is 1.68. The van der Waals surface area contributed by atoms with Gasteiger partial charge in [-0.05, 0) is 30.7 Å². The van der Waals surface area contributed by atoms with E-state index in [1.165, 1.54) is 0 Å². The second-order valence-corrected chi connectivity index (χ2v) is 5.04. The summed E-state index contributed by atoms with van der Waals surface area (Å²) in [4.78, 5) is 4.78. The molecule has 4 nitrogen and oxygen atoms in total. The van der Waals surface area contributed by atoms with Crippen LogP contribution in [0, 0.1) is 0 Å². The van der Waals surface area contributed by atoms with Crippen LogP contribution in [-0.4, -0.2) is 16.7 Å². The molecule has 4 heteroatoms. The Morgan fingerprint density at radius 3 is 2.76 bits per heavy atom. The molecule has 3 rings (SSSR count). The highest BCUT2D eigenvalue weighted by Gasteiger charge is 2.15. The number of hydrogen-bond acceptors (Lipinski definition) is 3. The molecule has 0 bridgehead atoms. The first-order valence-corrected chi connectivity index (χ1v) is 7.13. The number of ether oxygens (including phenoxy) is 1. The van der Waals surface area contributed by atoms with Crippen molar-refractivity contribution >= 4 is 16.7 Å². The molecule has 0 saturated heterocycles. The maximum absolute atomic E-state index is 5.85. The molecule has 2 aromatic carbocycles. The Balaban J connectivity index is 2.26. The number of fused-ring (bicyclic) bond motifs is 1. The summed E-state index contributed by atoms with van der Waals surface area (Å²) in [7, 11) is 1.66. The quantitative estimate of drug-likeness (QED) is 0.742. The van der Waals surface area contributed by atoms with Crippen LogP contribution in [0.3, 0.4) is 0 Å². The number of nitrogens with two attached hydrogens (primary N) is 1. The molecule has 2 N–H and O–H groups in total. The van der Waals surface area contributed by atoms with E-state index in [1.54, 1.807) is 7.11 Å². The maximum atomic E-state index is 5.85. The van der Waals surface area contributed by atoms with E-state index in [2.05, 4.69) is 17.6 Å². The number of hydrogen-bond donors (Lipinski definition) is 1. The van der Waals surface area contributed by atoms with E-state index in [1.807, 2.05) is 36.4 Å². The Kier molecular flexibility index (Phi) is 3.52. The van der Waals surface area contributed by atoms with E-state index in [-0.39, 0.29) is 0 Å². The van der Waals surface area contributed by atoms with Crippen molar-refractivity contribution in [2.75, 3.05) is 12.8 Å². The second-order valence-electron chi connectivity index (χ2n) is 5.04. The summed E-state index contributed by atoms with van der Waals surface area (Å²) in [6.07, 6.45) is 1.05. The lowest BCUT2D eigenvalue weighted by atomic mass is 10.1. The predicted octanol–water partition coefficient (Wildman–Crippen LogP) is 3.70. The van der Waals surface area contributed by atoms with E-state index in [0.29, 0.717) is 5.69 Å². The topological polar surface area (TPSA) is 53.1 Å². The first-order chi connectivity index (χ1) is 10.2. The first kappa shape index (κ1) is 13.5. The molecule has 0 aliphatic carbocycles. The average Bonchev–Trinajstić information content (AvgIpc) is 2.86. The summed E-state index contributed by atoms with van der Waals surface area (Å²) in [6.45, 7) is 3.09. The van der Waals surface area contributed by atoms with Gasteiger partial charge in [-0.25, -0.2) is 4.98 Å². The number of imidazole rings is 1. The van der Waals surface area contributed by atoms with Crippen molar-refractivity contribution in [1.29, 1.82) is 0 Å². The fourth-order valence-corrected chi connectivity index (χ4v) is 2.62. The van der Waals surface area contributed by atoms with Gasteiger partial charge in [-0.1, -0.05) is 19.1 Å². The molecule has 0 amide bonds. The van der Waals surface area contributed by atoms with Crippen molar-refractivity contribution in [3.63, 3.8) is 0 Å². The molecule has 1 heterocycles. The molecule has 0 spiro atoms. The summed E-state index contributed by atoms with van der Waals surface area (Å²) in [5, 5.41) is 0. The highest BCUT2D eigenvalue weighted by Crippen LogP contribution is 2.33. The molecule has 108 valence electrons. The van der Waals surface area contributed by atoms with E-state index < -0.39 is 0 Å². The van der Waals surface area contributed by atoms with Gasteiger partial charge in [0, 0.05) is 18.3 Å². The second kappa shape index (κ2) is 5.48. The monoisotopic (exact) mass is 281 g/mol. The third kappa shape index (κ3) is 2.33. The number of nitrogen functional groups attached to an aromatic ring is 1. The van der Waals surface area contributed by atoms with Gasteiger partial charge < -0.3 is 15.0 Å². The highest BCUT2D eigenvalue weighted by atomic mass is 16.5. The van der Waals surface area contributed by atoms with E-state index in [0.717, 1.165) is 41.1 Å². The molecular weight excluding hydrogens is 262 g/mol. The largest absolute Gasteiger partial charge is 0.496 e. The number of nitrogens with zero attached hydrogens (tertiary/aromatic N) is 2. The van der Waals surface area contributed by atoms with Crippen LogP contribution in [0.25, 0.3) is 22.4 Å². The van der Waals surface area contributed by atoms with Crippen LogP contribution < -0.4 is 10.5 Å². The van der Waals surface area contributed by atoms with Gasteiger partial charge in [-0.15, -0.1) is 0 Å². The van der Waals surface area contributed by atoms with Gasteiger partial charge >= 0.3 is 0 Å². The summed E-state index contributed by atoms with van der Waals surface area (Å²) < 4.78 is 7.72. The van der Waals surface area contributed by atoms with Crippen molar-refractivity contribution in [2.24, 2.45) is 0 Å². The summed E-state index contributed by atoms with van der Waals surface area (Å²) in [6, 6.07) is 13.9. The Hall–Kier alpha value is -2.49. The van der Waals surface area contributed by atoms with Gasteiger partial charge in [0.25, 0.3) is 0 Å². The summed E-state index contributed by atoms with van der Waals surface area (Å²) >= 11 is 0. The van der Waals surface area contributed by atoms with E-state index >= 15 is 0 Å². The van der Waals surface area contributed by atoms with Gasteiger partial charge in [-0.3, -0.25) is 0 Å². The van der Waals surface area contributed by atoms with Crippen LogP contribution >= 0.6 is 0 Å². The summed E-state index contributed by atoms with van der Waals surface area (Å²) in [5.41, 5.74) is 9.65. The van der Waals surface area contributed by atoms with Crippen LogP contribution in [0.5, 0.6) is 5.75 Å². The third-order valence-corrected chi connectivity index (χ3v) is 3.57. The number of aryl methyl sites for hydroxylation is 1. The van der Waals surface area contributed by atoms with Gasteiger partial charge in [0.15, 0.2) is 0 Å². The molecule has 0 aliphatic rings. The minimum atomic E-state index is 0.689. The Morgan fingerprint density at radius 2 is 2.00 bits per heavy atom. The van der Waals surface area contributed by atoms with Crippen molar-refractivity contribution in [3.8, 4) is 17.1 Å². The van der Waals surface area contributed by atoms with Gasteiger partial charge in [0.05, 0.1) is 23.7 Å². The predicted molar refractivity (Wildman–Crippen MR) is 86.4 cm³/mol. The molecule has 0 radical (unpaired) electrons.